The van der Waals surface area contributed by atoms with Crippen molar-refractivity contribution in [2.75, 3.05) is 11.5 Å². The second-order valence-corrected chi connectivity index (χ2v) is 8.81. The van der Waals surface area contributed by atoms with E-state index in [4.69, 9.17) is 9.47 Å². The van der Waals surface area contributed by atoms with Crippen LogP contribution in [-0.2, 0) is 22.6 Å². The van der Waals surface area contributed by atoms with Crippen LogP contribution in [0.4, 0.5) is 10.5 Å². The summed E-state index contributed by atoms with van der Waals surface area (Å²) in [6, 6.07) is 19.3. The molecular formula is C28H25BrN2O5. The minimum Gasteiger partial charge on any atom is -0.490 e. The van der Waals surface area contributed by atoms with Gasteiger partial charge in [0.15, 0.2) is 11.5 Å². The first-order chi connectivity index (χ1) is 17.4. The van der Waals surface area contributed by atoms with Crippen molar-refractivity contribution in [1.82, 2.24) is 5.32 Å². The van der Waals surface area contributed by atoms with E-state index < -0.39 is 17.8 Å². The minimum absolute atomic E-state index is 0.148. The Labute approximate surface area is 217 Å². The Morgan fingerprint density at radius 1 is 0.889 bits per heavy atom. The fraction of sp³-hybridized carbons (Fsp3) is 0.179. The van der Waals surface area contributed by atoms with E-state index in [1.54, 1.807) is 30.3 Å². The molecule has 0 unspecified atom stereocenters. The smallest absolute Gasteiger partial charge is 0.335 e. The summed E-state index contributed by atoms with van der Waals surface area (Å²) >= 11 is 3.52. The molecule has 1 N–H and O–H groups in total. The SMILES string of the molecule is CCOc1cc(/C=C2/C(=O)NC(=O)N(c3ccccc3CC)C2=O)ccc1OCc1ccccc1Br. The molecule has 1 fully saturated rings. The molecule has 0 atom stereocenters. The van der Waals surface area contributed by atoms with Gasteiger partial charge >= 0.3 is 6.03 Å². The summed E-state index contributed by atoms with van der Waals surface area (Å²) in [5.74, 6) is -0.422. The molecule has 0 aliphatic carbocycles. The van der Waals surface area contributed by atoms with Gasteiger partial charge in [-0.05, 0) is 54.8 Å². The highest BCUT2D eigenvalue weighted by Gasteiger charge is 2.37. The zero-order valence-corrected chi connectivity index (χ0v) is 21.5. The van der Waals surface area contributed by atoms with Crippen LogP contribution in [0.25, 0.3) is 6.08 Å². The van der Waals surface area contributed by atoms with E-state index in [0.717, 1.165) is 20.5 Å². The Balaban J connectivity index is 1.64. The number of carbonyl (C=O) groups is 3. The Kier molecular flexibility index (Phi) is 7.85. The summed E-state index contributed by atoms with van der Waals surface area (Å²) in [6.07, 6.45) is 2.07. The highest BCUT2D eigenvalue weighted by Crippen LogP contribution is 2.32. The summed E-state index contributed by atoms with van der Waals surface area (Å²) < 4.78 is 12.7. The lowest BCUT2D eigenvalue weighted by molar-refractivity contribution is -0.122. The van der Waals surface area contributed by atoms with Crippen LogP contribution in [0.2, 0.25) is 0 Å². The number of hydrogen-bond donors (Lipinski definition) is 1. The van der Waals surface area contributed by atoms with Gasteiger partial charge in [-0.1, -0.05) is 65.3 Å². The summed E-state index contributed by atoms with van der Waals surface area (Å²) in [7, 11) is 0. The number of nitrogens with one attached hydrogen (secondary N) is 1. The molecule has 4 amide bonds. The Bertz CT molecular complexity index is 1350. The first-order valence-corrected chi connectivity index (χ1v) is 12.3. The van der Waals surface area contributed by atoms with Crippen molar-refractivity contribution < 1.29 is 23.9 Å². The second kappa shape index (κ2) is 11.2. The molecule has 36 heavy (non-hydrogen) atoms. The second-order valence-electron chi connectivity index (χ2n) is 7.96. The normalized spacial score (nSPS) is 14.7. The number of benzene rings is 3. The number of ether oxygens (including phenoxy) is 2. The van der Waals surface area contributed by atoms with Gasteiger partial charge in [0, 0.05) is 10.0 Å². The molecule has 1 saturated heterocycles. The van der Waals surface area contributed by atoms with Gasteiger partial charge in [-0.3, -0.25) is 14.9 Å². The number of nitrogens with zero attached hydrogens (tertiary/aromatic N) is 1. The highest BCUT2D eigenvalue weighted by atomic mass is 79.9. The first kappa shape index (κ1) is 25.2. The first-order valence-electron chi connectivity index (χ1n) is 11.5. The molecule has 3 aromatic carbocycles. The van der Waals surface area contributed by atoms with E-state index in [9.17, 15) is 14.4 Å². The third-order valence-corrected chi connectivity index (χ3v) is 6.41. The van der Waals surface area contributed by atoms with Crippen molar-refractivity contribution in [3.05, 3.63) is 93.5 Å². The molecule has 1 heterocycles. The van der Waals surface area contributed by atoms with E-state index >= 15 is 0 Å². The van der Waals surface area contributed by atoms with Gasteiger partial charge < -0.3 is 9.47 Å². The molecule has 184 valence electrons. The maximum atomic E-state index is 13.3. The highest BCUT2D eigenvalue weighted by molar-refractivity contribution is 9.10. The zero-order chi connectivity index (χ0) is 25.7. The average Bonchev–Trinajstić information content (AvgIpc) is 2.87. The maximum Gasteiger partial charge on any atom is 0.335 e. The van der Waals surface area contributed by atoms with Crippen molar-refractivity contribution in [3.63, 3.8) is 0 Å². The fourth-order valence-corrected chi connectivity index (χ4v) is 4.24. The van der Waals surface area contributed by atoms with Crippen LogP contribution in [0.15, 0.2) is 76.8 Å². The lowest BCUT2D eigenvalue weighted by Crippen LogP contribution is -2.54. The summed E-state index contributed by atoms with van der Waals surface area (Å²) in [4.78, 5) is 39.5. The number of urea groups is 1. The number of hydrogen-bond acceptors (Lipinski definition) is 5. The van der Waals surface area contributed by atoms with Crippen LogP contribution < -0.4 is 19.7 Å². The van der Waals surface area contributed by atoms with Crippen LogP contribution in [0, 0.1) is 0 Å². The quantitative estimate of drug-likeness (QED) is 0.290. The van der Waals surface area contributed by atoms with Crippen molar-refractivity contribution in [2.24, 2.45) is 0 Å². The molecule has 0 saturated carbocycles. The molecule has 0 aromatic heterocycles. The summed E-state index contributed by atoms with van der Waals surface area (Å²) in [5, 5.41) is 2.27. The predicted octanol–water partition coefficient (Wildman–Crippen LogP) is 5.66. The molecule has 3 aromatic rings. The predicted molar refractivity (Wildman–Crippen MR) is 141 cm³/mol. The number of anilines is 1. The van der Waals surface area contributed by atoms with Crippen LogP contribution in [0.5, 0.6) is 11.5 Å². The zero-order valence-electron chi connectivity index (χ0n) is 19.9. The van der Waals surface area contributed by atoms with Gasteiger partial charge in [0.25, 0.3) is 11.8 Å². The Morgan fingerprint density at radius 3 is 2.33 bits per heavy atom. The number of halogens is 1. The molecule has 1 aliphatic heterocycles. The number of aryl methyl sites for hydroxylation is 1. The number of barbiturate groups is 1. The van der Waals surface area contributed by atoms with Crippen molar-refractivity contribution in [2.45, 2.75) is 26.9 Å². The maximum absolute atomic E-state index is 13.3. The number of amides is 4. The van der Waals surface area contributed by atoms with E-state index in [0.29, 0.717) is 42.4 Å². The van der Waals surface area contributed by atoms with E-state index in [1.807, 2.05) is 50.2 Å². The molecular weight excluding hydrogens is 524 g/mol. The monoisotopic (exact) mass is 548 g/mol. The summed E-state index contributed by atoms with van der Waals surface area (Å²) in [6.45, 7) is 4.52. The van der Waals surface area contributed by atoms with Gasteiger partial charge in [-0.2, -0.15) is 0 Å². The van der Waals surface area contributed by atoms with Gasteiger partial charge in [0.1, 0.15) is 12.2 Å². The van der Waals surface area contributed by atoms with Crippen LogP contribution in [0.3, 0.4) is 0 Å². The van der Waals surface area contributed by atoms with Crippen molar-refractivity contribution >= 4 is 45.5 Å². The number of imide groups is 2. The molecule has 4 rings (SSSR count). The van der Waals surface area contributed by atoms with Crippen molar-refractivity contribution in [1.29, 1.82) is 0 Å². The van der Waals surface area contributed by atoms with E-state index in [1.165, 1.54) is 6.08 Å². The Morgan fingerprint density at radius 2 is 1.61 bits per heavy atom. The topological polar surface area (TPSA) is 84.9 Å². The third-order valence-electron chi connectivity index (χ3n) is 5.63. The lowest BCUT2D eigenvalue weighted by Gasteiger charge is -2.28. The molecule has 0 radical (unpaired) electrons. The van der Waals surface area contributed by atoms with Gasteiger partial charge in [0.05, 0.1) is 12.3 Å². The molecule has 8 heteroatoms. The van der Waals surface area contributed by atoms with Crippen LogP contribution in [-0.4, -0.2) is 24.5 Å². The van der Waals surface area contributed by atoms with Gasteiger partial charge in [0.2, 0.25) is 0 Å². The van der Waals surface area contributed by atoms with Gasteiger partial charge in [-0.25, -0.2) is 9.69 Å². The number of carbonyl (C=O) groups excluding carboxylic acids is 3. The minimum atomic E-state index is -0.770. The number of para-hydroxylation sites is 1. The van der Waals surface area contributed by atoms with E-state index in [2.05, 4.69) is 21.2 Å². The largest absolute Gasteiger partial charge is 0.490 e. The van der Waals surface area contributed by atoms with Crippen molar-refractivity contribution in [3.8, 4) is 11.5 Å². The average molecular weight is 549 g/mol. The third kappa shape index (κ3) is 5.33. The number of rotatable bonds is 8. The molecule has 1 aliphatic rings. The fourth-order valence-electron chi connectivity index (χ4n) is 3.84. The van der Waals surface area contributed by atoms with Crippen LogP contribution >= 0.6 is 15.9 Å². The molecule has 7 nitrogen and oxygen atoms in total. The van der Waals surface area contributed by atoms with Gasteiger partial charge in [-0.15, -0.1) is 0 Å². The summed E-state index contributed by atoms with van der Waals surface area (Å²) in [5.41, 5.74) is 2.66. The molecule has 0 spiro atoms. The molecule has 0 bridgehead atoms. The lowest BCUT2D eigenvalue weighted by atomic mass is 10.0. The van der Waals surface area contributed by atoms with Crippen LogP contribution in [0.1, 0.15) is 30.5 Å². The standard InChI is InChI=1S/C28H25BrN2O5/c1-3-19-9-6-8-12-23(19)31-27(33)21(26(32)30-28(31)34)15-18-13-14-24(25(16-18)35-4-2)36-17-20-10-5-7-11-22(20)29/h5-16H,3-4,17H2,1-2H3,(H,30,32,34)/b21-15-. The van der Waals surface area contributed by atoms with E-state index in [-0.39, 0.29) is 5.57 Å². The Hall–Kier alpha value is -3.91.